The number of piperidine rings is 1. The summed E-state index contributed by atoms with van der Waals surface area (Å²) in [6, 6.07) is 6.48. The van der Waals surface area contributed by atoms with Crippen LogP contribution in [0, 0.1) is 5.92 Å². The molecule has 0 saturated carbocycles. The minimum atomic E-state index is -3.49. The number of nitrogens with one attached hydrogen (secondary N) is 1. The molecule has 27 heavy (non-hydrogen) atoms. The van der Waals surface area contributed by atoms with Crippen molar-refractivity contribution < 1.29 is 13.2 Å². The Bertz CT molecular complexity index is 706. The first-order chi connectivity index (χ1) is 12.8. The topological polar surface area (TPSA) is 69.7 Å². The van der Waals surface area contributed by atoms with Crippen molar-refractivity contribution in [2.45, 2.75) is 51.5 Å². The third-order valence-corrected chi connectivity index (χ3v) is 7.52. The van der Waals surface area contributed by atoms with Gasteiger partial charge in [0.15, 0.2) is 0 Å². The molecular weight excluding hydrogens is 362 g/mol. The summed E-state index contributed by atoms with van der Waals surface area (Å²) in [7, 11) is -3.49. The Hall–Kier alpha value is -1.44. The summed E-state index contributed by atoms with van der Waals surface area (Å²) in [4.78, 5) is 15.0. The monoisotopic (exact) mass is 395 g/mol. The van der Waals surface area contributed by atoms with Crippen LogP contribution in [0.1, 0.15) is 50.9 Å². The first-order valence-electron chi connectivity index (χ1n) is 9.92. The van der Waals surface area contributed by atoms with Crippen LogP contribution in [0.15, 0.2) is 29.2 Å². The molecule has 1 fully saturated rings. The van der Waals surface area contributed by atoms with Gasteiger partial charge in [-0.05, 0) is 63.0 Å². The molecule has 2 rings (SSSR count). The van der Waals surface area contributed by atoms with E-state index in [0.29, 0.717) is 31.2 Å². The fourth-order valence-electron chi connectivity index (χ4n) is 3.43. The van der Waals surface area contributed by atoms with E-state index in [4.69, 9.17) is 0 Å². The lowest BCUT2D eigenvalue weighted by molar-refractivity contribution is 0.0921. The fourth-order valence-corrected chi connectivity index (χ4v) is 4.89. The van der Waals surface area contributed by atoms with Crippen molar-refractivity contribution in [3.8, 4) is 0 Å². The molecule has 1 aliphatic rings. The molecule has 0 bridgehead atoms. The van der Waals surface area contributed by atoms with Crippen molar-refractivity contribution in [3.63, 3.8) is 0 Å². The Balaban J connectivity index is 1.93. The van der Waals surface area contributed by atoms with Gasteiger partial charge in [0.25, 0.3) is 5.91 Å². The van der Waals surface area contributed by atoms with E-state index in [2.05, 4.69) is 24.1 Å². The van der Waals surface area contributed by atoms with Gasteiger partial charge in [-0.15, -0.1) is 0 Å². The molecule has 1 unspecified atom stereocenters. The van der Waals surface area contributed by atoms with Crippen LogP contribution in [-0.4, -0.2) is 62.3 Å². The van der Waals surface area contributed by atoms with Crippen LogP contribution in [0.5, 0.6) is 0 Å². The molecule has 0 aliphatic carbocycles. The van der Waals surface area contributed by atoms with Gasteiger partial charge in [-0.2, -0.15) is 4.31 Å². The fraction of sp³-hybridized carbons (Fsp3) is 0.650. The van der Waals surface area contributed by atoms with E-state index in [-0.39, 0.29) is 10.8 Å². The Morgan fingerprint density at radius 1 is 1.19 bits per heavy atom. The van der Waals surface area contributed by atoms with E-state index < -0.39 is 10.0 Å². The average molecular weight is 396 g/mol. The molecule has 1 heterocycles. The summed E-state index contributed by atoms with van der Waals surface area (Å²) in [6.45, 7) is 11.6. The lowest BCUT2D eigenvalue weighted by Gasteiger charge is -2.35. The number of hydrogen-bond donors (Lipinski definition) is 1. The maximum atomic E-state index is 12.5. The summed E-state index contributed by atoms with van der Waals surface area (Å²) >= 11 is 0. The molecule has 1 amide bonds. The molecule has 1 N–H and O–H groups in total. The standard InChI is InChI=1S/C20H33N3O3S/c1-5-23(6-2)27(25,26)19-9-7-18(8-10-19)20(24)21-15-17(4)22-13-11-16(3)12-14-22/h7-10,16-17H,5-6,11-15H2,1-4H3,(H,21,24). The van der Waals surface area contributed by atoms with Crippen LogP contribution in [0.25, 0.3) is 0 Å². The summed E-state index contributed by atoms with van der Waals surface area (Å²) in [5.74, 6) is 0.619. The lowest BCUT2D eigenvalue weighted by atomic mass is 9.98. The second kappa shape index (κ2) is 9.66. The number of rotatable bonds is 8. The van der Waals surface area contributed by atoms with E-state index in [9.17, 15) is 13.2 Å². The summed E-state index contributed by atoms with van der Waals surface area (Å²) in [5, 5.41) is 2.97. The molecule has 7 heteroatoms. The van der Waals surface area contributed by atoms with Crippen molar-refractivity contribution in [1.82, 2.24) is 14.5 Å². The molecule has 1 atom stereocenters. The van der Waals surface area contributed by atoms with Crippen molar-refractivity contribution in [3.05, 3.63) is 29.8 Å². The Morgan fingerprint density at radius 2 is 1.74 bits per heavy atom. The molecule has 1 aromatic rings. The number of benzene rings is 1. The zero-order valence-electron chi connectivity index (χ0n) is 16.9. The number of carbonyl (C=O) groups is 1. The molecule has 1 aromatic carbocycles. The predicted octanol–water partition coefficient (Wildman–Crippen LogP) is 2.57. The normalized spacial score (nSPS) is 17.8. The van der Waals surface area contributed by atoms with Gasteiger partial charge in [0.05, 0.1) is 4.90 Å². The van der Waals surface area contributed by atoms with E-state index in [1.165, 1.54) is 29.3 Å². The first-order valence-corrected chi connectivity index (χ1v) is 11.4. The number of amides is 1. The van der Waals surface area contributed by atoms with Gasteiger partial charge in [0.2, 0.25) is 10.0 Å². The molecule has 6 nitrogen and oxygen atoms in total. The molecule has 1 saturated heterocycles. The number of carbonyl (C=O) groups excluding carboxylic acids is 1. The first kappa shape index (κ1) is 21.9. The molecule has 0 spiro atoms. The highest BCUT2D eigenvalue weighted by Crippen LogP contribution is 2.18. The number of sulfonamides is 1. The molecule has 0 aromatic heterocycles. The van der Waals surface area contributed by atoms with Gasteiger partial charge in [-0.3, -0.25) is 9.69 Å². The van der Waals surface area contributed by atoms with E-state index in [0.717, 1.165) is 19.0 Å². The molecule has 0 radical (unpaired) electrons. The van der Waals surface area contributed by atoms with Gasteiger partial charge in [0.1, 0.15) is 0 Å². The third-order valence-electron chi connectivity index (χ3n) is 5.46. The van der Waals surface area contributed by atoms with Crippen LogP contribution in [-0.2, 0) is 10.0 Å². The van der Waals surface area contributed by atoms with Crippen LogP contribution in [0.2, 0.25) is 0 Å². The second-order valence-corrected chi connectivity index (χ2v) is 9.33. The minimum absolute atomic E-state index is 0.168. The van der Waals surface area contributed by atoms with Crippen LogP contribution < -0.4 is 5.32 Å². The van der Waals surface area contributed by atoms with E-state index in [1.54, 1.807) is 12.1 Å². The van der Waals surface area contributed by atoms with Gasteiger partial charge >= 0.3 is 0 Å². The van der Waals surface area contributed by atoms with Crippen molar-refractivity contribution >= 4 is 15.9 Å². The van der Waals surface area contributed by atoms with Gasteiger partial charge in [-0.1, -0.05) is 20.8 Å². The Morgan fingerprint density at radius 3 is 2.26 bits per heavy atom. The van der Waals surface area contributed by atoms with Crippen LogP contribution in [0.3, 0.4) is 0 Å². The maximum absolute atomic E-state index is 12.5. The molecule has 1 aliphatic heterocycles. The predicted molar refractivity (Wildman–Crippen MR) is 108 cm³/mol. The second-order valence-electron chi connectivity index (χ2n) is 7.39. The minimum Gasteiger partial charge on any atom is -0.350 e. The number of likely N-dealkylation sites (tertiary alicyclic amines) is 1. The average Bonchev–Trinajstić information content (AvgIpc) is 2.67. The molecular formula is C20H33N3O3S. The third kappa shape index (κ3) is 5.53. The highest BCUT2D eigenvalue weighted by molar-refractivity contribution is 7.89. The SMILES string of the molecule is CCN(CC)S(=O)(=O)c1ccc(C(=O)NCC(C)N2CCC(C)CC2)cc1. The number of hydrogen-bond acceptors (Lipinski definition) is 4. The zero-order chi connectivity index (χ0) is 20.0. The van der Waals surface area contributed by atoms with E-state index >= 15 is 0 Å². The maximum Gasteiger partial charge on any atom is 0.251 e. The van der Waals surface area contributed by atoms with Crippen molar-refractivity contribution in [2.24, 2.45) is 5.92 Å². The Labute approximate surface area is 164 Å². The lowest BCUT2D eigenvalue weighted by Crippen LogP contribution is -2.45. The smallest absolute Gasteiger partial charge is 0.251 e. The number of nitrogens with zero attached hydrogens (tertiary/aromatic N) is 2. The van der Waals surface area contributed by atoms with Gasteiger partial charge < -0.3 is 5.32 Å². The van der Waals surface area contributed by atoms with Crippen LogP contribution in [0.4, 0.5) is 0 Å². The highest BCUT2D eigenvalue weighted by atomic mass is 32.2. The Kier molecular flexibility index (Phi) is 7.82. The van der Waals surface area contributed by atoms with E-state index in [1.807, 2.05) is 13.8 Å². The van der Waals surface area contributed by atoms with Gasteiger partial charge in [-0.25, -0.2) is 8.42 Å². The summed E-state index contributed by atoms with van der Waals surface area (Å²) in [6.07, 6.45) is 2.42. The molecule has 152 valence electrons. The van der Waals surface area contributed by atoms with Crippen molar-refractivity contribution in [1.29, 1.82) is 0 Å². The quantitative estimate of drug-likeness (QED) is 0.734. The summed E-state index contributed by atoms with van der Waals surface area (Å²) < 4.78 is 26.4. The van der Waals surface area contributed by atoms with Gasteiger partial charge in [0, 0.05) is 31.2 Å². The van der Waals surface area contributed by atoms with Crippen molar-refractivity contribution in [2.75, 3.05) is 32.7 Å². The summed E-state index contributed by atoms with van der Waals surface area (Å²) in [5.41, 5.74) is 0.480. The largest absolute Gasteiger partial charge is 0.350 e. The van der Waals surface area contributed by atoms with Crippen LogP contribution >= 0.6 is 0 Å². The zero-order valence-corrected chi connectivity index (χ0v) is 17.8. The highest BCUT2D eigenvalue weighted by Gasteiger charge is 2.23.